The van der Waals surface area contributed by atoms with Crippen molar-refractivity contribution in [2.45, 2.75) is 0 Å². The lowest BCUT2D eigenvalue weighted by molar-refractivity contribution is 0.262. The van der Waals surface area contributed by atoms with Crippen LogP contribution in [0.5, 0.6) is 0 Å². The van der Waals surface area contributed by atoms with Crippen LogP contribution >= 0.6 is 0 Å². The second kappa shape index (κ2) is 5.00. The zero-order valence-electron chi connectivity index (χ0n) is 9.40. The van der Waals surface area contributed by atoms with E-state index in [1.807, 2.05) is 18.2 Å². The van der Waals surface area contributed by atoms with Crippen LogP contribution < -0.4 is 16.4 Å². The van der Waals surface area contributed by atoms with Gasteiger partial charge in [0.05, 0.1) is 11.8 Å². The SMILES string of the molecule is N=C(N)c1cn[nH]c1NC(=O)Nc1ccccc1. The normalized spacial score (nSPS) is 9.78. The summed E-state index contributed by atoms with van der Waals surface area (Å²) >= 11 is 0. The zero-order valence-corrected chi connectivity index (χ0v) is 9.40. The Hall–Kier alpha value is -2.83. The van der Waals surface area contributed by atoms with E-state index in [0.717, 1.165) is 0 Å². The van der Waals surface area contributed by atoms with Gasteiger partial charge < -0.3 is 11.1 Å². The van der Waals surface area contributed by atoms with Gasteiger partial charge in [-0.05, 0) is 12.1 Å². The number of anilines is 2. The Balaban J connectivity index is 2.04. The Labute approximate surface area is 103 Å². The second-order valence-corrected chi connectivity index (χ2v) is 3.52. The van der Waals surface area contributed by atoms with E-state index in [9.17, 15) is 4.79 Å². The molecule has 0 radical (unpaired) electrons. The summed E-state index contributed by atoms with van der Waals surface area (Å²) < 4.78 is 0. The number of H-pyrrole nitrogens is 1. The van der Waals surface area contributed by atoms with Crippen molar-refractivity contribution in [3.63, 3.8) is 0 Å². The number of nitrogens with zero attached hydrogens (tertiary/aromatic N) is 1. The number of carbonyl (C=O) groups excluding carboxylic acids is 1. The van der Waals surface area contributed by atoms with Crippen LogP contribution in [-0.2, 0) is 0 Å². The van der Waals surface area contributed by atoms with Gasteiger partial charge in [0.25, 0.3) is 0 Å². The van der Waals surface area contributed by atoms with Crippen LogP contribution in [0.2, 0.25) is 0 Å². The summed E-state index contributed by atoms with van der Waals surface area (Å²) in [5.41, 5.74) is 6.35. The molecule has 6 N–H and O–H groups in total. The van der Waals surface area contributed by atoms with Crippen LogP contribution in [0.25, 0.3) is 0 Å². The lowest BCUT2D eigenvalue weighted by Gasteiger charge is -2.06. The highest BCUT2D eigenvalue weighted by atomic mass is 16.2. The van der Waals surface area contributed by atoms with Crippen LogP contribution in [0, 0.1) is 5.41 Å². The van der Waals surface area contributed by atoms with E-state index >= 15 is 0 Å². The van der Waals surface area contributed by atoms with E-state index in [4.69, 9.17) is 11.1 Å². The highest BCUT2D eigenvalue weighted by Crippen LogP contribution is 2.11. The zero-order chi connectivity index (χ0) is 13.0. The fourth-order valence-electron chi connectivity index (χ4n) is 1.38. The summed E-state index contributed by atoms with van der Waals surface area (Å²) in [5, 5.41) is 18.7. The Morgan fingerprint density at radius 3 is 2.67 bits per heavy atom. The quantitative estimate of drug-likeness (QED) is 0.414. The van der Waals surface area contributed by atoms with Crippen molar-refractivity contribution in [2.75, 3.05) is 10.6 Å². The largest absolute Gasteiger partial charge is 0.384 e. The molecule has 7 nitrogen and oxygen atoms in total. The van der Waals surface area contributed by atoms with Gasteiger partial charge in [0.1, 0.15) is 11.7 Å². The van der Waals surface area contributed by atoms with E-state index in [1.54, 1.807) is 12.1 Å². The molecule has 0 saturated carbocycles. The molecule has 0 spiro atoms. The van der Waals surface area contributed by atoms with E-state index in [0.29, 0.717) is 11.3 Å². The van der Waals surface area contributed by atoms with Crippen molar-refractivity contribution >= 4 is 23.4 Å². The molecule has 7 heteroatoms. The van der Waals surface area contributed by atoms with Gasteiger partial charge in [0.15, 0.2) is 0 Å². The van der Waals surface area contributed by atoms with Crippen molar-refractivity contribution in [3.8, 4) is 0 Å². The maximum Gasteiger partial charge on any atom is 0.324 e. The minimum atomic E-state index is -0.437. The third-order valence-corrected chi connectivity index (χ3v) is 2.20. The molecule has 0 fully saturated rings. The highest BCUT2D eigenvalue weighted by molar-refractivity contribution is 6.05. The Morgan fingerprint density at radius 1 is 1.28 bits per heavy atom. The number of nitrogens with two attached hydrogens (primary N) is 1. The molecule has 1 heterocycles. The molecule has 1 aromatic heterocycles. The Bertz CT molecular complexity index is 562. The van der Waals surface area contributed by atoms with Crippen molar-refractivity contribution < 1.29 is 4.79 Å². The van der Waals surface area contributed by atoms with Crippen molar-refractivity contribution in [1.82, 2.24) is 10.2 Å². The molecule has 18 heavy (non-hydrogen) atoms. The minimum absolute atomic E-state index is 0.168. The van der Waals surface area contributed by atoms with E-state index < -0.39 is 6.03 Å². The first-order valence-corrected chi connectivity index (χ1v) is 5.17. The lowest BCUT2D eigenvalue weighted by Crippen LogP contribution is -2.22. The summed E-state index contributed by atoms with van der Waals surface area (Å²) in [7, 11) is 0. The molecule has 2 rings (SSSR count). The molecule has 0 aliphatic rings. The molecular weight excluding hydrogens is 232 g/mol. The second-order valence-electron chi connectivity index (χ2n) is 3.52. The number of hydrogen-bond acceptors (Lipinski definition) is 3. The molecule has 0 atom stereocenters. The summed E-state index contributed by atoms with van der Waals surface area (Å²) in [6.07, 6.45) is 1.38. The number of aromatic nitrogens is 2. The van der Waals surface area contributed by atoms with Gasteiger partial charge in [-0.3, -0.25) is 15.8 Å². The first-order valence-electron chi connectivity index (χ1n) is 5.17. The van der Waals surface area contributed by atoms with Gasteiger partial charge in [-0.2, -0.15) is 5.10 Å². The Kier molecular flexibility index (Phi) is 3.24. The van der Waals surface area contributed by atoms with E-state index in [1.165, 1.54) is 6.20 Å². The standard InChI is InChI=1S/C11H12N6O/c12-9(13)8-6-14-17-10(8)16-11(18)15-7-4-2-1-3-5-7/h1-6H,(H3,12,13)(H3,14,15,16,17,18). The number of urea groups is 1. The van der Waals surface area contributed by atoms with Crippen LogP contribution in [-0.4, -0.2) is 22.1 Å². The number of rotatable bonds is 3. The molecule has 2 amide bonds. The first kappa shape index (κ1) is 11.6. The number of amidine groups is 1. The van der Waals surface area contributed by atoms with Crippen molar-refractivity contribution in [3.05, 3.63) is 42.1 Å². The van der Waals surface area contributed by atoms with Gasteiger partial charge in [-0.1, -0.05) is 18.2 Å². The minimum Gasteiger partial charge on any atom is -0.384 e. The number of aromatic amines is 1. The van der Waals surface area contributed by atoms with Gasteiger partial charge in [-0.15, -0.1) is 0 Å². The van der Waals surface area contributed by atoms with Gasteiger partial charge in [0.2, 0.25) is 0 Å². The summed E-state index contributed by atoms with van der Waals surface area (Å²) in [5.74, 6) is 0.120. The summed E-state index contributed by atoms with van der Waals surface area (Å²) in [6, 6.07) is 8.57. The smallest absolute Gasteiger partial charge is 0.324 e. The monoisotopic (exact) mass is 244 g/mol. The molecule has 0 bridgehead atoms. The topological polar surface area (TPSA) is 120 Å². The van der Waals surface area contributed by atoms with Gasteiger partial charge in [-0.25, -0.2) is 4.79 Å². The molecule has 0 saturated heterocycles. The maximum atomic E-state index is 11.7. The molecule has 0 unspecified atom stereocenters. The fraction of sp³-hybridized carbons (Fsp3) is 0. The van der Waals surface area contributed by atoms with E-state index in [-0.39, 0.29) is 11.7 Å². The molecular formula is C11H12N6O. The molecule has 92 valence electrons. The number of carbonyl (C=O) groups is 1. The number of amides is 2. The van der Waals surface area contributed by atoms with Crippen LogP contribution in [0.1, 0.15) is 5.56 Å². The summed E-state index contributed by atoms with van der Waals surface area (Å²) in [6.45, 7) is 0. The number of para-hydroxylation sites is 1. The predicted molar refractivity (Wildman–Crippen MR) is 68.7 cm³/mol. The van der Waals surface area contributed by atoms with E-state index in [2.05, 4.69) is 20.8 Å². The van der Waals surface area contributed by atoms with Gasteiger partial charge >= 0.3 is 6.03 Å². The third-order valence-electron chi connectivity index (χ3n) is 2.20. The van der Waals surface area contributed by atoms with Crippen molar-refractivity contribution in [1.29, 1.82) is 5.41 Å². The van der Waals surface area contributed by atoms with Crippen LogP contribution in [0.4, 0.5) is 16.3 Å². The molecule has 0 aliphatic heterocycles. The average molecular weight is 244 g/mol. The van der Waals surface area contributed by atoms with Crippen LogP contribution in [0.3, 0.4) is 0 Å². The molecule has 0 aliphatic carbocycles. The van der Waals surface area contributed by atoms with Crippen LogP contribution in [0.15, 0.2) is 36.5 Å². The Morgan fingerprint density at radius 2 is 2.00 bits per heavy atom. The number of nitrogens with one attached hydrogen (secondary N) is 4. The third kappa shape index (κ3) is 2.64. The fourth-order valence-corrected chi connectivity index (χ4v) is 1.38. The number of hydrogen-bond donors (Lipinski definition) is 5. The van der Waals surface area contributed by atoms with Gasteiger partial charge in [0, 0.05) is 5.69 Å². The lowest BCUT2D eigenvalue weighted by atomic mass is 10.3. The summed E-state index contributed by atoms with van der Waals surface area (Å²) in [4.78, 5) is 11.7. The molecule has 2 aromatic rings. The predicted octanol–water partition coefficient (Wildman–Crippen LogP) is 1.34. The number of nitrogen functional groups attached to an aromatic ring is 1. The first-order chi connectivity index (χ1) is 8.66. The maximum absolute atomic E-state index is 11.7. The highest BCUT2D eigenvalue weighted by Gasteiger charge is 2.10. The van der Waals surface area contributed by atoms with Crippen molar-refractivity contribution in [2.24, 2.45) is 5.73 Å². The molecule has 1 aromatic carbocycles. The average Bonchev–Trinajstić information content (AvgIpc) is 2.78. The number of benzene rings is 1.